The lowest BCUT2D eigenvalue weighted by Crippen LogP contribution is -2.57. The number of nitrogens with two attached hydrogens (primary N) is 1. The van der Waals surface area contributed by atoms with Crippen molar-refractivity contribution in [2.24, 2.45) is 11.7 Å². The summed E-state index contributed by atoms with van der Waals surface area (Å²) in [6, 6.07) is 14.9. The Bertz CT molecular complexity index is 1370. The molecule has 2 heterocycles. The van der Waals surface area contributed by atoms with E-state index >= 15 is 0 Å². The van der Waals surface area contributed by atoms with E-state index in [4.69, 9.17) is 5.73 Å². The van der Waals surface area contributed by atoms with E-state index in [0.29, 0.717) is 0 Å². The van der Waals surface area contributed by atoms with Crippen molar-refractivity contribution in [2.75, 3.05) is 13.1 Å². The van der Waals surface area contributed by atoms with E-state index in [1.807, 2.05) is 48.7 Å². The van der Waals surface area contributed by atoms with Crippen molar-refractivity contribution in [3.63, 3.8) is 0 Å². The Balaban J connectivity index is 1.60. The van der Waals surface area contributed by atoms with E-state index < -0.39 is 40.7 Å². The minimum Gasteiger partial charge on any atom is -0.481 e. The molecule has 1 amide bonds. The number of H-pyrrole nitrogens is 1. The predicted octanol–water partition coefficient (Wildman–Crippen LogP) is 3.01. The highest BCUT2D eigenvalue weighted by molar-refractivity contribution is 5.96. The number of ketones is 1. The van der Waals surface area contributed by atoms with Crippen LogP contribution in [0.5, 0.6) is 0 Å². The number of carboxylic acid groups (broad SMARTS) is 1. The van der Waals surface area contributed by atoms with Crippen molar-refractivity contribution in [2.45, 2.75) is 62.4 Å². The fourth-order valence-electron chi connectivity index (χ4n) is 6.65. The molecule has 1 unspecified atom stereocenters. The van der Waals surface area contributed by atoms with Crippen LogP contribution >= 0.6 is 0 Å². The number of para-hydroxylation sites is 1. The van der Waals surface area contributed by atoms with Crippen molar-refractivity contribution >= 4 is 28.6 Å². The first-order valence-corrected chi connectivity index (χ1v) is 13.3. The fourth-order valence-corrected chi connectivity index (χ4v) is 6.65. The quantitative estimate of drug-likeness (QED) is 0.312. The van der Waals surface area contributed by atoms with E-state index in [2.05, 4.69) is 21.7 Å². The topological polar surface area (TPSA) is 137 Å². The molecule has 38 heavy (non-hydrogen) atoms. The Kier molecular flexibility index (Phi) is 6.88. The summed E-state index contributed by atoms with van der Waals surface area (Å²) in [5.74, 6) is -2.52. The van der Waals surface area contributed by atoms with Crippen molar-refractivity contribution < 1.29 is 19.5 Å². The second-order valence-corrected chi connectivity index (χ2v) is 11.4. The largest absolute Gasteiger partial charge is 0.481 e. The van der Waals surface area contributed by atoms with Gasteiger partial charge in [0.15, 0.2) is 5.78 Å². The summed E-state index contributed by atoms with van der Waals surface area (Å²) >= 11 is 0. The van der Waals surface area contributed by atoms with Gasteiger partial charge >= 0.3 is 5.97 Å². The Morgan fingerprint density at radius 1 is 1.11 bits per heavy atom. The number of carboxylic acids is 1. The summed E-state index contributed by atoms with van der Waals surface area (Å²) in [7, 11) is 0. The molecule has 1 aromatic heterocycles. The number of nitrogens with one attached hydrogen (secondary N) is 3. The molecule has 2 aliphatic rings. The molecule has 6 N–H and O–H groups in total. The van der Waals surface area contributed by atoms with Gasteiger partial charge < -0.3 is 26.5 Å². The van der Waals surface area contributed by atoms with Crippen molar-refractivity contribution in [3.05, 3.63) is 71.4 Å². The summed E-state index contributed by atoms with van der Waals surface area (Å²) in [4.78, 5) is 43.2. The van der Waals surface area contributed by atoms with Crippen LogP contribution in [-0.4, -0.2) is 52.4 Å². The van der Waals surface area contributed by atoms with Crippen molar-refractivity contribution in [1.82, 2.24) is 15.6 Å². The Morgan fingerprint density at radius 3 is 2.50 bits per heavy atom. The highest BCUT2D eigenvalue weighted by atomic mass is 16.4. The number of Topliss-reactive ketones (excluding diaryl/α,β-unsaturated/α-hetero) is 1. The van der Waals surface area contributed by atoms with E-state index in [1.54, 1.807) is 13.8 Å². The summed E-state index contributed by atoms with van der Waals surface area (Å²) in [6.07, 6.45) is 3.48. The van der Waals surface area contributed by atoms with Gasteiger partial charge in [-0.15, -0.1) is 0 Å². The number of carbonyl (C=O) groups is 3. The van der Waals surface area contributed by atoms with Gasteiger partial charge in [-0.3, -0.25) is 14.4 Å². The summed E-state index contributed by atoms with van der Waals surface area (Å²) in [6.45, 7) is 4.71. The van der Waals surface area contributed by atoms with Gasteiger partial charge in [0.1, 0.15) is 0 Å². The van der Waals surface area contributed by atoms with Gasteiger partial charge in [-0.2, -0.15) is 0 Å². The molecular weight excluding hydrogens is 480 g/mol. The van der Waals surface area contributed by atoms with Crippen molar-refractivity contribution in [3.8, 4) is 0 Å². The molecule has 0 radical (unpaired) electrons. The predicted molar refractivity (Wildman–Crippen MR) is 146 cm³/mol. The van der Waals surface area contributed by atoms with Gasteiger partial charge in [-0.05, 0) is 62.5 Å². The minimum atomic E-state index is -1.18. The first-order valence-electron chi connectivity index (χ1n) is 13.3. The Hall–Kier alpha value is -3.49. The number of amides is 1. The number of piperidine rings is 1. The van der Waals surface area contributed by atoms with Crippen LogP contribution in [-0.2, 0) is 26.2 Å². The third-order valence-corrected chi connectivity index (χ3v) is 8.42. The molecule has 3 aromatic rings. The lowest BCUT2D eigenvalue weighted by Gasteiger charge is -2.42. The zero-order chi connectivity index (χ0) is 27.1. The summed E-state index contributed by atoms with van der Waals surface area (Å²) in [5.41, 5.74) is 8.34. The number of carbonyl (C=O) groups excluding carboxylic acids is 2. The normalized spacial score (nSPS) is 21.2. The van der Waals surface area contributed by atoms with Crippen LogP contribution in [0.2, 0.25) is 0 Å². The maximum atomic E-state index is 14.7. The Morgan fingerprint density at radius 2 is 1.79 bits per heavy atom. The van der Waals surface area contributed by atoms with Gasteiger partial charge in [-0.1, -0.05) is 42.5 Å². The van der Waals surface area contributed by atoms with E-state index in [9.17, 15) is 19.5 Å². The molecule has 1 spiro atoms. The lowest BCUT2D eigenvalue weighted by molar-refractivity contribution is -0.139. The maximum absolute atomic E-state index is 14.7. The van der Waals surface area contributed by atoms with Crippen molar-refractivity contribution in [1.29, 1.82) is 0 Å². The first kappa shape index (κ1) is 26.1. The average Bonchev–Trinajstić information content (AvgIpc) is 3.40. The van der Waals surface area contributed by atoms with Crippen LogP contribution in [0, 0.1) is 5.92 Å². The monoisotopic (exact) mass is 516 g/mol. The third kappa shape index (κ3) is 4.63. The SMILES string of the molecule is CC(C)(N)C(=O)N[C@H](Cc1c[nH]c2ccccc12)C(=O)[C@@H]1C(CC(=O)O)c2ccccc2C12CCNCC2. The van der Waals surface area contributed by atoms with Gasteiger partial charge in [-0.25, -0.2) is 0 Å². The first-order chi connectivity index (χ1) is 18.1. The molecule has 1 aliphatic carbocycles. The Labute approximate surface area is 222 Å². The van der Waals surface area contributed by atoms with Crippen LogP contribution in [0.15, 0.2) is 54.7 Å². The number of hydrogen-bond acceptors (Lipinski definition) is 5. The maximum Gasteiger partial charge on any atom is 0.303 e. The van der Waals surface area contributed by atoms with Gasteiger partial charge in [0.05, 0.1) is 18.0 Å². The van der Waals surface area contributed by atoms with E-state index in [-0.39, 0.29) is 18.6 Å². The number of benzene rings is 2. The molecule has 1 aliphatic heterocycles. The molecule has 0 bridgehead atoms. The second-order valence-electron chi connectivity index (χ2n) is 11.4. The smallest absolute Gasteiger partial charge is 0.303 e. The third-order valence-electron chi connectivity index (χ3n) is 8.42. The van der Waals surface area contributed by atoms with Gasteiger partial charge in [0.2, 0.25) is 5.91 Å². The van der Waals surface area contributed by atoms with Crippen LogP contribution in [0.25, 0.3) is 10.9 Å². The standard InChI is InChI=1S/C30H36N4O4/c1-29(2,31)28(38)34-24(15-18-17-33-23-10-6-4-7-19(18)23)27(37)26-21(16-25(35)36)20-8-3-5-9-22(20)30(26)11-13-32-14-12-30/h3-10,17,21,24,26,32-33H,11-16,31H2,1-2H3,(H,34,38)(H,35,36)/t21?,24-,26+/m1/s1. The average molecular weight is 517 g/mol. The van der Waals surface area contributed by atoms with Crippen LogP contribution < -0.4 is 16.4 Å². The van der Waals surface area contributed by atoms with Crippen LogP contribution in [0.1, 0.15) is 55.7 Å². The fraction of sp³-hybridized carbons (Fsp3) is 0.433. The zero-order valence-corrected chi connectivity index (χ0v) is 21.9. The highest BCUT2D eigenvalue weighted by Crippen LogP contribution is 2.56. The molecule has 0 saturated carbocycles. The highest BCUT2D eigenvalue weighted by Gasteiger charge is 2.56. The molecule has 1 fully saturated rings. The van der Waals surface area contributed by atoms with Crippen LogP contribution in [0.3, 0.4) is 0 Å². The molecule has 8 heteroatoms. The molecule has 8 nitrogen and oxygen atoms in total. The molecular formula is C30H36N4O4. The zero-order valence-electron chi connectivity index (χ0n) is 21.9. The number of hydrogen-bond donors (Lipinski definition) is 5. The molecule has 2 aromatic carbocycles. The molecule has 200 valence electrons. The number of fused-ring (bicyclic) bond motifs is 3. The summed E-state index contributed by atoms with van der Waals surface area (Å²) < 4.78 is 0. The van der Waals surface area contributed by atoms with Gasteiger partial charge in [0, 0.05) is 40.8 Å². The molecule has 3 atom stereocenters. The van der Waals surface area contributed by atoms with Crippen LogP contribution in [0.4, 0.5) is 0 Å². The molecule has 5 rings (SSSR count). The number of aliphatic carboxylic acids is 1. The number of aromatic nitrogens is 1. The van der Waals surface area contributed by atoms with E-state index in [1.165, 1.54) is 0 Å². The number of rotatable bonds is 8. The van der Waals surface area contributed by atoms with Gasteiger partial charge in [0.25, 0.3) is 0 Å². The molecule has 1 saturated heterocycles. The number of aromatic amines is 1. The second kappa shape index (κ2) is 10.0. The van der Waals surface area contributed by atoms with E-state index in [0.717, 1.165) is 53.5 Å². The minimum absolute atomic E-state index is 0.128. The lowest BCUT2D eigenvalue weighted by atomic mass is 9.64. The summed E-state index contributed by atoms with van der Waals surface area (Å²) in [5, 5.41) is 17.2.